The summed E-state index contributed by atoms with van der Waals surface area (Å²) >= 11 is 5.77. The van der Waals surface area contributed by atoms with Gasteiger partial charge < -0.3 is 0 Å². The third-order valence-electron chi connectivity index (χ3n) is 2.83. The molecule has 0 bridgehead atoms. The number of sulfone groups is 1. The Bertz CT molecular complexity index is 699. The summed E-state index contributed by atoms with van der Waals surface area (Å²) < 4.78 is 24.0. The van der Waals surface area contributed by atoms with E-state index in [0.29, 0.717) is 5.02 Å². The van der Waals surface area contributed by atoms with Crippen molar-refractivity contribution in [2.45, 2.75) is 12.7 Å². The van der Waals surface area contributed by atoms with Crippen molar-refractivity contribution in [2.75, 3.05) is 0 Å². The summed E-state index contributed by atoms with van der Waals surface area (Å²) in [5.41, 5.74) is 2.74. The monoisotopic (exact) mass is 306 g/mol. The molecular formula is C16H15ClO2S. The van der Waals surface area contributed by atoms with Crippen molar-refractivity contribution >= 4 is 27.5 Å². The van der Waals surface area contributed by atoms with Crippen molar-refractivity contribution in [3.05, 3.63) is 75.7 Å². The number of aryl methyl sites for hydroxylation is 1. The highest BCUT2D eigenvalue weighted by Crippen LogP contribution is 2.14. The van der Waals surface area contributed by atoms with E-state index in [1.807, 2.05) is 31.2 Å². The number of hydrogen-bond donors (Lipinski definition) is 0. The average Bonchev–Trinajstić information content (AvgIpc) is 2.41. The Labute approximate surface area is 124 Å². The molecular weight excluding hydrogens is 292 g/mol. The van der Waals surface area contributed by atoms with Crippen LogP contribution in [-0.4, -0.2) is 8.42 Å². The van der Waals surface area contributed by atoms with Crippen LogP contribution in [0.25, 0.3) is 6.08 Å². The van der Waals surface area contributed by atoms with Gasteiger partial charge in [0.05, 0.1) is 5.75 Å². The van der Waals surface area contributed by atoms with E-state index < -0.39 is 9.84 Å². The summed E-state index contributed by atoms with van der Waals surface area (Å²) in [6.45, 7) is 1.99. The molecule has 0 heterocycles. The van der Waals surface area contributed by atoms with E-state index in [2.05, 4.69) is 0 Å². The average molecular weight is 307 g/mol. The highest BCUT2D eigenvalue weighted by Gasteiger charge is 2.07. The van der Waals surface area contributed by atoms with Crippen LogP contribution in [0, 0.1) is 6.92 Å². The van der Waals surface area contributed by atoms with Gasteiger partial charge in [-0.05, 0) is 36.3 Å². The lowest BCUT2D eigenvalue weighted by Gasteiger charge is -2.00. The van der Waals surface area contributed by atoms with Gasteiger partial charge in [0, 0.05) is 10.4 Å². The van der Waals surface area contributed by atoms with Gasteiger partial charge in [-0.2, -0.15) is 0 Å². The fourth-order valence-corrected chi connectivity index (χ4v) is 2.96. The fourth-order valence-electron chi connectivity index (χ4n) is 1.72. The molecule has 20 heavy (non-hydrogen) atoms. The molecule has 2 aromatic rings. The molecule has 0 fully saturated rings. The first-order chi connectivity index (χ1) is 9.44. The zero-order valence-electron chi connectivity index (χ0n) is 11.1. The van der Waals surface area contributed by atoms with Crippen molar-refractivity contribution in [1.29, 1.82) is 0 Å². The zero-order valence-corrected chi connectivity index (χ0v) is 12.7. The molecule has 2 rings (SSSR count). The lowest BCUT2D eigenvalue weighted by atomic mass is 10.2. The van der Waals surface area contributed by atoms with Gasteiger partial charge in [-0.25, -0.2) is 8.42 Å². The van der Waals surface area contributed by atoms with Gasteiger partial charge in [0.25, 0.3) is 0 Å². The SMILES string of the molecule is Cc1ccc(/C=C\S(=O)(=O)Cc2ccc(Cl)cc2)cc1. The number of hydrogen-bond acceptors (Lipinski definition) is 2. The van der Waals surface area contributed by atoms with Crippen LogP contribution in [0.2, 0.25) is 5.02 Å². The first-order valence-corrected chi connectivity index (χ1v) is 8.26. The molecule has 0 atom stereocenters. The van der Waals surface area contributed by atoms with Crippen LogP contribution in [0.5, 0.6) is 0 Å². The molecule has 0 aliphatic heterocycles. The predicted molar refractivity (Wildman–Crippen MR) is 84.3 cm³/mol. The molecule has 0 aliphatic carbocycles. The van der Waals surface area contributed by atoms with Gasteiger partial charge in [0.15, 0.2) is 9.84 Å². The van der Waals surface area contributed by atoms with Crippen LogP contribution in [0.1, 0.15) is 16.7 Å². The largest absolute Gasteiger partial charge is 0.224 e. The molecule has 2 nitrogen and oxygen atoms in total. The normalized spacial score (nSPS) is 11.9. The zero-order chi connectivity index (χ0) is 14.6. The summed E-state index contributed by atoms with van der Waals surface area (Å²) in [5, 5.41) is 1.85. The molecule has 0 saturated carbocycles. The topological polar surface area (TPSA) is 34.1 Å². The summed E-state index contributed by atoms with van der Waals surface area (Å²) in [7, 11) is -3.28. The Morgan fingerprint density at radius 3 is 2.20 bits per heavy atom. The Morgan fingerprint density at radius 2 is 1.60 bits per heavy atom. The van der Waals surface area contributed by atoms with Crippen molar-refractivity contribution < 1.29 is 8.42 Å². The summed E-state index contributed by atoms with van der Waals surface area (Å²) in [5.74, 6) is -0.0213. The van der Waals surface area contributed by atoms with Crippen LogP contribution in [-0.2, 0) is 15.6 Å². The highest BCUT2D eigenvalue weighted by atomic mass is 35.5. The molecule has 0 aromatic heterocycles. The van der Waals surface area contributed by atoms with Gasteiger partial charge in [-0.1, -0.05) is 53.6 Å². The lowest BCUT2D eigenvalue weighted by molar-refractivity contribution is 0.604. The molecule has 0 saturated heterocycles. The molecule has 0 unspecified atom stereocenters. The third-order valence-corrected chi connectivity index (χ3v) is 4.36. The molecule has 4 heteroatoms. The van der Waals surface area contributed by atoms with E-state index >= 15 is 0 Å². The Balaban J connectivity index is 2.11. The smallest absolute Gasteiger partial charge is 0.175 e. The number of rotatable bonds is 4. The number of benzene rings is 2. The minimum atomic E-state index is -3.28. The first kappa shape index (κ1) is 14.8. The second kappa shape index (κ2) is 6.25. The maximum atomic E-state index is 12.0. The molecule has 0 N–H and O–H groups in total. The van der Waals surface area contributed by atoms with Gasteiger partial charge in [0.2, 0.25) is 0 Å². The van der Waals surface area contributed by atoms with Crippen LogP contribution in [0.3, 0.4) is 0 Å². The maximum Gasteiger partial charge on any atom is 0.175 e. The standard InChI is InChI=1S/C16H15ClO2S/c1-13-2-4-14(5-3-13)10-11-20(18,19)12-15-6-8-16(17)9-7-15/h2-11H,12H2,1H3/b11-10-. The maximum absolute atomic E-state index is 12.0. The summed E-state index contributed by atoms with van der Waals surface area (Å²) in [4.78, 5) is 0. The van der Waals surface area contributed by atoms with Gasteiger partial charge in [0.1, 0.15) is 0 Å². The van der Waals surface area contributed by atoms with Gasteiger partial charge in [-0.15, -0.1) is 0 Å². The predicted octanol–water partition coefficient (Wildman–Crippen LogP) is 4.23. The number of halogens is 1. The van der Waals surface area contributed by atoms with Crippen molar-refractivity contribution in [1.82, 2.24) is 0 Å². The highest BCUT2D eigenvalue weighted by molar-refractivity contribution is 7.93. The van der Waals surface area contributed by atoms with E-state index in [0.717, 1.165) is 16.7 Å². The van der Waals surface area contributed by atoms with Crippen LogP contribution in [0.4, 0.5) is 0 Å². The minimum Gasteiger partial charge on any atom is -0.224 e. The van der Waals surface area contributed by atoms with Gasteiger partial charge >= 0.3 is 0 Å². The Hall–Kier alpha value is -1.58. The molecule has 0 aliphatic rings. The van der Waals surface area contributed by atoms with Crippen molar-refractivity contribution in [3.63, 3.8) is 0 Å². The molecule has 104 valence electrons. The van der Waals surface area contributed by atoms with E-state index in [-0.39, 0.29) is 5.75 Å². The second-order valence-electron chi connectivity index (χ2n) is 4.65. The Morgan fingerprint density at radius 1 is 1.00 bits per heavy atom. The Kier molecular flexibility index (Phi) is 4.63. The van der Waals surface area contributed by atoms with Crippen molar-refractivity contribution in [2.24, 2.45) is 0 Å². The molecule has 2 aromatic carbocycles. The van der Waals surface area contributed by atoms with E-state index in [4.69, 9.17) is 11.6 Å². The van der Waals surface area contributed by atoms with Crippen LogP contribution in [0.15, 0.2) is 53.9 Å². The second-order valence-corrected chi connectivity index (χ2v) is 6.97. The quantitative estimate of drug-likeness (QED) is 0.847. The third kappa shape index (κ3) is 4.51. The van der Waals surface area contributed by atoms with E-state index in [1.54, 1.807) is 30.3 Å². The van der Waals surface area contributed by atoms with Gasteiger partial charge in [-0.3, -0.25) is 0 Å². The van der Waals surface area contributed by atoms with E-state index in [9.17, 15) is 8.42 Å². The van der Waals surface area contributed by atoms with Crippen molar-refractivity contribution in [3.8, 4) is 0 Å². The minimum absolute atomic E-state index is 0.0213. The van der Waals surface area contributed by atoms with Crippen LogP contribution < -0.4 is 0 Å². The fraction of sp³-hybridized carbons (Fsp3) is 0.125. The lowest BCUT2D eigenvalue weighted by Crippen LogP contribution is -1.99. The molecule has 0 radical (unpaired) electrons. The summed E-state index contributed by atoms with van der Waals surface area (Å²) in [6, 6.07) is 14.5. The van der Waals surface area contributed by atoms with Crippen LogP contribution >= 0.6 is 11.6 Å². The molecule has 0 spiro atoms. The molecule has 0 amide bonds. The summed E-state index contributed by atoms with van der Waals surface area (Å²) in [6.07, 6.45) is 1.62. The van der Waals surface area contributed by atoms with E-state index in [1.165, 1.54) is 5.41 Å². The first-order valence-electron chi connectivity index (χ1n) is 6.16.